The SMILES string of the molecule is CCOC(=O)c1ccc(NC(=S)NC2CCN(CC)CC2)cc1. The van der Waals surface area contributed by atoms with Crippen LogP contribution >= 0.6 is 12.2 Å². The summed E-state index contributed by atoms with van der Waals surface area (Å²) in [5.41, 5.74) is 1.41. The van der Waals surface area contributed by atoms with Gasteiger partial charge in [0.15, 0.2) is 5.11 Å². The summed E-state index contributed by atoms with van der Waals surface area (Å²) >= 11 is 5.37. The summed E-state index contributed by atoms with van der Waals surface area (Å²) in [7, 11) is 0. The number of ether oxygens (including phenoxy) is 1. The fourth-order valence-electron chi connectivity index (χ4n) is 2.65. The van der Waals surface area contributed by atoms with Crippen LogP contribution in [-0.2, 0) is 4.74 Å². The van der Waals surface area contributed by atoms with E-state index >= 15 is 0 Å². The highest BCUT2D eigenvalue weighted by Gasteiger charge is 2.18. The number of carbonyl (C=O) groups is 1. The van der Waals surface area contributed by atoms with Gasteiger partial charge in [0.05, 0.1) is 12.2 Å². The molecule has 5 nitrogen and oxygen atoms in total. The van der Waals surface area contributed by atoms with Crippen molar-refractivity contribution in [3.63, 3.8) is 0 Å². The van der Waals surface area contributed by atoms with Crippen molar-refractivity contribution in [2.45, 2.75) is 32.7 Å². The average Bonchev–Trinajstić information content (AvgIpc) is 2.56. The first-order valence-corrected chi connectivity index (χ1v) is 8.60. The van der Waals surface area contributed by atoms with Crippen LogP contribution in [-0.4, -0.2) is 48.3 Å². The van der Waals surface area contributed by atoms with Crippen LogP contribution in [0.25, 0.3) is 0 Å². The minimum Gasteiger partial charge on any atom is -0.462 e. The largest absolute Gasteiger partial charge is 0.462 e. The maximum absolute atomic E-state index is 11.6. The van der Waals surface area contributed by atoms with Crippen LogP contribution in [0.15, 0.2) is 24.3 Å². The van der Waals surface area contributed by atoms with Gasteiger partial charge in [0.1, 0.15) is 0 Å². The molecular weight excluding hydrogens is 310 g/mol. The minimum atomic E-state index is -0.303. The molecule has 126 valence electrons. The molecule has 1 aliphatic heterocycles. The molecule has 0 spiro atoms. The molecule has 0 atom stereocenters. The number of anilines is 1. The lowest BCUT2D eigenvalue weighted by Gasteiger charge is -2.32. The second-order valence-electron chi connectivity index (χ2n) is 5.60. The van der Waals surface area contributed by atoms with Crippen LogP contribution in [0.1, 0.15) is 37.0 Å². The molecule has 2 N–H and O–H groups in total. The Morgan fingerprint density at radius 2 is 1.91 bits per heavy atom. The standard InChI is InChI=1S/C17H25N3O2S/c1-3-20-11-9-15(10-12-20)19-17(23)18-14-7-5-13(6-8-14)16(21)22-4-2/h5-8,15H,3-4,9-12H2,1-2H3,(H2,18,19,23). The summed E-state index contributed by atoms with van der Waals surface area (Å²) in [5.74, 6) is -0.303. The Bertz CT molecular complexity index is 525. The molecule has 0 unspecified atom stereocenters. The zero-order valence-corrected chi connectivity index (χ0v) is 14.6. The van der Waals surface area contributed by atoms with Crippen LogP contribution < -0.4 is 10.6 Å². The zero-order valence-electron chi connectivity index (χ0n) is 13.8. The lowest BCUT2D eigenvalue weighted by Crippen LogP contribution is -2.45. The van der Waals surface area contributed by atoms with E-state index in [2.05, 4.69) is 22.5 Å². The summed E-state index contributed by atoms with van der Waals surface area (Å²) < 4.78 is 4.97. The predicted octanol–water partition coefficient (Wildman–Crippen LogP) is 2.63. The van der Waals surface area contributed by atoms with Crippen LogP contribution in [0.5, 0.6) is 0 Å². The van der Waals surface area contributed by atoms with E-state index in [9.17, 15) is 4.79 Å². The molecule has 0 aliphatic carbocycles. The van der Waals surface area contributed by atoms with Crippen LogP contribution in [0, 0.1) is 0 Å². The highest BCUT2D eigenvalue weighted by molar-refractivity contribution is 7.80. The lowest BCUT2D eigenvalue weighted by molar-refractivity contribution is 0.0526. The molecular formula is C17H25N3O2S. The molecule has 23 heavy (non-hydrogen) atoms. The number of hydrogen-bond donors (Lipinski definition) is 2. The molecule has 1 saturated heterocycles. The topological polar surface area (TPSA) is 53.6 Å². The van der Waals surface area contributed by atoms with Crippen molar-refractivity contribution in [1.29, 1.82) is 0 Å². The second-order valence-corrected chi connectivity index (χ2v) is 6.01. The van der Waals surface area contributed by atoms with Crippen molar-refractivity contribution in [1.82, 2.24) is 10.2 Å². The van der Waals surface area contributed by atoms with Crippen molar-refractivity contribution in [2.75, 3.05) is 31.6 Å². The fraction of sp³-hybridized carbons (Fsp3) is 0.529. The van der Waals surface area contributed by atoms with E-state index < -0.39 is 0 Å². The van der Waals surface area contributed by atoms with Crippen molar-refractivity contribution in [2.24, 2.45) is 0 Å². The van der Waals surface area contributed by atoms with Crippen molar-refractivity contribution < 1.29 is 9.53 Å². The molecule has 1 aliphatic rings. The van der Waals surface area contributed by atoms with Gasteiger partial charge in [-0.25, -0.2) is 4.79 Å². The number of rotatable bonds is 5. The van der Waals surface area contributed by atoms with Gasteiger partial charge < -0.3 is 20.3 Å². The number of nitrogens with one attached hydrogen (secondary N) is 2. The van der Waals surface area contributed by atoms with E-state index in [1.54, 1.807) is 19.1 Å². The number of thiocarbonyl (C=S) groups is 1. The zero-order chi connectivity index (χ0) is 16.7. The monoisotopic (exact) mass is 335 g/mol. The first-order chi connectivity index (χ1) is 11.1. The first-order valence-electron chi connectivity index (χ1n) is 8.19. The normalized spacial score (nSPS) is 15.9. The first kappa shape index (κ1) is 17.7. The molecule has 0 bridgehead atoms. The third-order valence-electron chi connectivity index (χ3n) is 4.02. The third kappa shape index (κ3) is 5.48. The summed E-state index contributed by atoms with van der Waals surface area (Å²) in [6.45, 7) is 7.71. The quantitative estimate of drug-likeness (QED) is 0.637. The smallest absolute Gasteiger partial charge is 0.338 e. The molecule has 1 aromatic rings. The second kappa shape index (κ2) is 8.84. The lowest BCUT2D eigenvalue weighted by atomic mass is 10.1. The van der Waals surface area contributed by atoms with Gasteiger partial charge in [0.2, 0.25) is 0 Å². The van der Waals surface area contributed by atoms with Crippen LogP contribution in [0.4, 0.5) is 5.69 Å². The van der Waals surface area contributed by atoms with Gasteiger partial charge in [-0.15, -0.1) is 0 Å². The Morgan fingerprint density at radius 1 is 1.26 bits per heavy atom. The molecule has 1 heterocycles. The van der Waals surface area contributed by atoms with Crippen LogP contribution in [0.3, 0.4) is 0 Å². The van der Waals surface area contributed by atoms with Gasteiger partial charge in [0, 0.05) is 24.8 Å². The molecule has 6 heteroatoms. The summed E-state index contributed by atoms with van der Waals surface area (Å²) in [6.07, 6.45) is 2.22. The van der Waals surface area contributed by atoms with E-state index in [0.29, 0.717) is 23.3 Å². The Labute approximate surface area is 143 Å². The maximum Gasteiger partial charge on any atom is 0.338 e. The van der Waals surface area contributed by atoms with Crippen molar-refractivity contribution in [3.8, 4) is 0 Å². The molecule has 0 saturated carbocycles. The van der Waals surface area contributed by atoms with Gasteiger partial charge in [-0.2, -0.15) is 0 Å². The number of benzene rings is 1. The number of carbonyl (C=O) groups excluding carboxylic acids is 1. The Morgan fingerprint density at radius 3 is 2.48 bits per heavy atom. The third-order valence-corrected chi connectivity index (χ3v) is 4.24. The summed E-state index contributed by atoms with van der Waals surface area (Å²) in [4.78, 5) is 14.1. The number of hydrogen-bond acceptors (Lipinski definition) is 4. The maximum atomic E-state index is 11.6. The van der Waals surface area contributed by atoms with Crippen molar-refractivity contribution >= 4 is 29.0 Å². The summed E-state index contributed by atoms with van der Waals surface area (Å²) in [5, 5.41) is 7.17. The number of nitrogens with zero attached hydrogens (tertiary/aromatic N) is 1. The van der Waals surface area contributed by atoms with Gasteiger partial charge >= 0.3 is 5.97 Å². The fourth-order valence-corrected chi connectivity index (χ4v) is 2.93. The van der Waals surface area contributed by atoms with Gasteiger partial charge in [-0.05, 0) is 62.8 Å². The minimum absolute atomic E-state index is 0.303. The van der Waals surface area contributed by atoms with Gasteiger partial charge in [-0.3, -0.25) is 0 Å². The molecule has 1 aromatic carbocycles. The Balaban J connectivity index is 1.80. The molecule has 0 amide bonds. The molecule has 0 radical (unpaired) electrons. The highest BCUT2D eigenvalue weighted by Crippen LogP contribution is 2.12. The average molecular weight is 335 g/mol. The predicted molar refractivity (Wildman–Crippen MR) is 96.9 cm³/mol. The van der Waals surface area contributed by atoms with Gasteiger partial charge in [0.25, 0.3) is 0 Å². The van der Waals surface area contributed by atoms with Crippen molar-refractivity contribution in [3.05, 3.63) is 29.8 Å². The van der Waals surface area contributed by atoms with E-state index in [1.165, 1.54) is 0 Å². The number of likely N-dealkylation sites (tertiary alicyclic amines) is 1. The van der Waals surface area contributed by atoms with Crippen LogP contribution in [0.2, 0.25) is 0 Å². The molecule has 1 fully saturated rings. The number of piperidine rings is 1. The summed E-state index contributed by atoms with van der Waals surface area (Å²) in [6, 6.07) is 7.57. The van der Waals surface area contributed by atoms with E-state index in [1.807, 2.05) is 12.1 Å². The Kier molecular flexibility index (Phi) is 6.80. The number of esters is 1. The molecule has 2 rings (SSSR count). The van der Waals surface area contributed by atoms with Gasteiger partial charge in [-0.1, -0.05) is 6.92 Å². The Hall–Kier alpha value is -1.66. The highest BCUT2D eigenvalue weighted by atomic mass is 32.1. The van der Waals surface area contributed by atoms with E-state index in [4.69, 9.17) is 17.0 Å². The van der Waals surface area contributed by atoms with E-state index in [-0.39, 0.29) is 5.97 Å². The molecule has 0 aromatic heterocycles. The van der Waals surface area contributed by atoms with E-state index in [0.717, 1.165) is 38.2 Å².